The van der Waals surface area contributed by atoms with Gasteiger partial charge in [0.2, 0.25) is 5.90 Å². The average molecular weight is 728 g/mol. The van der Waals surface area contributed by atoms with E-state index in [0.29, 0.717) is 51.4 Å². The molecular formula is C35H33BrCl2N2O6. The Labute approximate surface area is 286 Å². The number of ether oxygens (including phenoxy) is 4. The Morgan fingerprint density at radius 2 is 1.72 bits per heavy atom. The minimum Gasteiger partial charge on any atom is -0.497 e. The van der Waals surface area contributed by atoms with Gasteiger partial charge in [0.1, 0.15) is 17.2 Å². The van der Waals surface area contributed by atoms with Crippen molar-refractivity contribution in [1.82, 2.24) is 5.32 Å². The predicted octanol–water partition coefficient (Wildman–Crippen LogP) is 7.35. The van der Waals surface area contributed by atoms with Gasteiger partial charge in [-0.15, -0.1) is 0 Å². The molecule has 5 rings (SSSR count). The molecule has 1 heterocycles. The standard InChI is InChI=1S/C35H33BrCl2N2O6/c1-43-28-14-8-24(31(19-28)44-2)21-39-34(42)35(20-22-4-9-25(36)10-5-22)32(29-15-11-26(37)18-30(29)38)46-33(40-35)23-6-12-27(13-7-23)45-17-3-16-41/h4-15,18-19,32,41H,3,16-17,20-21H2,1-2H3,(H,39,42)/t32-,35-/m1/s1. The van der Waals surface area contributed by atoms with Gasteiger partial charge in [0, 0.05) is 63.3 Å². The maximum atomic E-state index is 14.6. The first-order chi connectivity index (χ1) is 22.3. The van der Waals surface area contributed by atoms with E-state index < -0.39 is 11.6 Å². The summed E-state index contributed by atoms with van der Waals surface area (Å²) in [7, 11) is 3.15. The monoisotopic (exact) mass is 726 g/mol. The number of hydrogen-bond donors (Lipinski definition) is 2. The van der Waals surface area contributed by atoms with Crippen LogP contribution in [-0.2, 0) is 22.5 Å². The number of methoxy groups -OCH3 is 2. The molecule has 0 aromatic heterocycles. The van der Waals surface area contributed by atoms with Crippen LogP contribution in [0.15, 0.2) is 94.4 Å². The number of hydrogen-bond acceptors (Lipinski definition) is 7. The summed E-state index contributed by atoms with van der Waals surface area (Å²) in [5.41, 5.74) is 1.40. The van der Waals surface area contributed by atoms with Gasteiger partial charge in [-0.25, -0.2) is 4.99 Å². The van der Waals surface area contributed by atoms with Gasteiger partial charge >= 0.3 is 0 Å². The molecule has 0 aliphatic carbocycles. The summed E-state index contributed by atoms with van der Waals surface area (Å²) in [4.78, 5) is 19.7. The van der Waals surface area contributed by atoms with Crippen LogP contribution in [0, 0.1) is 0 Å². The summed E-state index contributed by atoms with van der Waals surface area (Å²) >= 11 is 16.5. The van der Waals surface area contributed by atoms with Crippen molar-refractivity contribution in [2.24, 2.45) is 4.99 Å². The van der Waals surface area contributed by atoms with Gasteiger partial charge in [-0.2, -0.15) is 0 Å². The van der Waals surface area contributed by atoms with Crippen molar-refractivity contribution in [3.63, 3.8) is 0 Å². The Hall–Kier alpha value is -3.76. The number of aliphatic hydroxyl groups excluding tert-OH is 1. The first-order valence-corrected chi connectivity index (χ1v) is 16.1. The molecule has 2 N–H and O–H groups in total. The lowest BCUT2D eigenvalue weighted by Crippen LogP contribution is -2.49. The maximum absolute atomic E-state index is 14.6. The van der Waals surface area contributed by atoms with E-state index in [0.717, 1.165) is 15.6 Å². The molecule has 0 saturated heterocycles. The Morgan fingerprint density at radius 1 is 0.978 bits per heavy atom. The number of rotatable bonds is 13. The van der Waals surface area contributed by atoms with Crippen LogP contribution in [0.4, 0.5) is 0 Å². The highest BCUT2D eigenvalue weighted by Gasteiger charge is 2.54. The van der Waals surface area contributed by atoms with E-state index >= 15 is 0 Å². The van der Waals surface area contributed by atoms with E-state index in [1.807, 2.05) is 48.5 Å². The van der Waals surface area contributed by atoms with Gasteiger partial charge in [0.25, 0.3) is 5.91 Å². The summed E-state index contributed by atoms with van der Waals surface area (Å²) in [6.45, 7) is 0.602. The topological polar surface area (TPSA) is 98.6 Å². The van der Waals surface area contributed by atoms with Gasteiger partial charge in [-0.3, -0.25) is 4.79 Å². The second-order valence-electron chi connectivity index (χ2n) is 10.6. The van der Waals surface area contributed by atoms with Gasteiger partial charge in [-0.1, -0.05) is 57.3 Å². The van der Waals surface area contributed by atoms with Crippen LogP contribution in [0.25, 0.3) is 0 Å². The summed E-state index contributed by atoms with van der Waals surface area (Å²) in [5.74, 6) is 1.78. The molecule has 1 aliphatic rings. The minimum absolute atomic E-state index is 0.0468. The highest BCUT2D eigenvalue weighted by Crippen LogP contribution is 2.45. The molecule has 11 heteroatoms. The Kier molecular flexibility index (Phi) is 11.1. The molecule has 0 bridgehead atoms. The molecule has 4 aromatic carbocycles. The molecule has 46 heavy (non-hydrogen) atoms. The zero-order valence-corrected chi connectivity index (χ0v) is 28.4. The fourth-order valence-corrected chi connectivity index (χ4v) is 5.99. The van der Waals surface area contributed by atoms with Crippen molar-refractivity contribution >= 4 is 50.9 Å². The molecule has 0 fully saturated rings. The second kappa shape index (κ2) is 15.2. The highest BCUT2D eigenvalue weighted by atomic mass is 79.9. The van der Waals surface area contributed by atoms with Crippen LogP contribution in [0.3, 0.4) is 0 Å². The van der Waals surface area contributed by atoms with Crippen LogP contribution in [0.5, 0.6) is 17.2 Å². The zero-order valence-electron chi connectivity index (χ0n) is 25.3. The lowest BCUT2D eigenvalue weighted by Gasteiger charge is -2.31. The maximum Gasteiger partial charge on any atom is 0.252 e. The summed E-state index contributed by atoms with van der Waals surface area (Å²) in [6, 6.07) is 25.5. The number of amides is 1. The van der Waals surface area contributed by atoms with Crippen LogP contribution in [0.1, 0.15) is 34.8 Å². The molecule has 8 nitrogen and oxygen atoms in total. The zero-order chi connectivity index (χ0) is 32.7. The molecule has 0 saturated carbocycles. The van der Waals surface area contributed by atoms with Crippen molar-refractivity contribution < 1.29 is 28.8 Å². The largest absolute Gasteiger partial charge is 0.497 e. The lowest BCUT2D eigenvalue weighted by atomic mass is 9.82. The number of carbonyl (C=O) groups excluding carboxylic acids is 1. The Morgan fingerprint density at radius 3 is 2.39 bits per heavy atom. The second-order valence-corrected chi connectivity index (χ2v) is 12.4. The third kappa shape index (κ3) is 7.61. The molecule has 1 aliphatic heterocycles. The Balaban J connectivity index is 1.57. The van der Waals surface area contributed by atoms with Crippen LogP contribution in [0.2, 0.25) is 10.0 Å². The number of carbonyl (C=O) groups is 1. The van der Waals surface area contributed by atoms with Crippen LogP contribution in [-0.4, -0.2) is 49.9 Å². The van der Waals surface area contributed by atoms with E-state index in [-0.39, 0.29) is 31.4 Å². The number of nitrogens with one attached hydrogen (secondary N) is 1. The van der Waals surface area contributed by atoms with E-state index in [2.05, 4.69) is 21.2 Å². The number of aliphatic hydroxyl groups is 1. The minimum atomic E-state index is -1.46. The normalized spacial score (nSPS) is 17.2. The van der Waals surface area contributed by atoms with Crippen molar-refractivity contribution in [3.05, 3.63) is 122 Å². The van der Waals surface area contributed by atoms with Crippen molar-refractivity contribution in [2.45, 2.75) is 31.0 Å². The molecule has 4 aromatic rings. The summed E-state index contributed by atoms with van der Waals surface area (Å²) in [5, 5.41) is 13.0. The van der Waals surface area contributed by atoms with Crippen molar-refractivity contribution in [1.29, 1.82) is 0 Å². The SMILES string of the molecule is COc1ccc(CNC(=O)[C@]2(Cc3ccc(Br)cc3)N=C(c3ccc(OCCCO)cc3)O[C@@H]2c2ccc(Cl)cc2Cl)c(OC)c1. The van der Waals surface area contributed by atoms with Crippen molar-refractivity contribution in [2.75, 3.05) is 27.4 Å². The highest BCUT2D eigenvalue weighted by molar-refractivity contribution is 9.10. The molecular weight excluding hydrogens is 695 g/mol. The number of aliphatic imine (C=N–C) groups is 1. The van der Waals surface area contributed by atoms with Crippen LogP contribution >= 0.6 is 39.1 Å². The summed E-state index contributed by atoms with van der Waals surface area (Å²) in [6.07, 6.45) is -0.160. The quantitative estimate of drug-likeness (QED) is 0.140. The fourth-order valence-electron chi connectivity index (χ4n) is 5.21. The summed E-state index contributed by atoms with van der Waals surface area (Å²) < 4.78 is 24.1. The molecule has 0 radical (unpaired) electrons. The number of benzene rings is 4. The number of halogens is 3. The van der Waals surface area contributed by atoms with E-state index in [1.54, 1.807) is 50.6 Å². The predicted molar refractivity (Wildman–Crippen MR) is 182 cm³/mol. The van der Waals surface area contributed by atoms with Gasteiger partial charge in [0.05, 0.1) is 20.8 Å². The third-order valence-corrected chi connectivity index (χ3v) is 8.69. The van der Waals surface area contributed by atoms with E-state index in [1.165, 1.54) is 0 Å². The van der Waals surface area contributed by atoms with Crippen molar-refractivity contribution in [3.8, 4) is 17.2 Å². The van der Waals surface area contributed by atoms with E-state index in [4.69, 9.17) is 52.2 Å². The lowest BCUT2D eigenvalue weighted by molar-refractivity contribution is -0.129. The molecule has 0 spiro atoms. The van der Waals surface area contributed by atoms with E-state index in [9.17, 15) is 4.79 Å². The first kappa shape index (κ1) is 33.6. The van der Waals surface area contributed by atoms with Gasteiger partial charge < -0.3 is 29.4 Å². The van der Waals surface area contributed by atoms with Gasteiger partial charge in [0.15, 0.2) is 11.6 Å². The number of nitrogens with zero attached hydrogens (tertiary/aromatic N) is 1. The van der Waals surface area contributed by atoms with Gasteiger partial charge in [-0.05, 0) is 66.2 Å². The molecule has 240 valence electrons. The smallest absolute Gasteiger partial charge is 0.252 e. The Bertz CT molecular complexity index is 1700. The first-order valence-electron chi connectivity index (χ1n) is 14.6. The third-order valence-electron chi connectivity index (χ3n) is 7.60. The van der Waals surface area contributed by atoms with Crippen LogP contribution < -0.4 is 19.5 Å². The molecule has 1 amide bonds. The molecule has 2 atom stereocenters. The average Bonchev–Trinajstić information content (AvgIpc) is 3.45. The molecule has 0 unspecified atom stereocenters. The fraction of sp³-hybridized carbons (Fsp3) is 0.257.